The monoisotopic (exact) mass is 352 g/mol. The molecule has 1 N–H and O–H groups in total. The Morgan fingerprint density at radius 2 is 2.08 bits per heavy atom. The van der Waals surface area contributed by atoms with Gasteiger partial charge >= 0.3 is 6.09 Å². The first-order chi connectivity index (χ1) is 11.7. The fraction of sp³-hybridized carbons (Fsp3) is 0.611. The summed E-state index contributed by atoms with van der Waals surface area (Å²) in [5.41, 5.74) is 1.14. The van der Waals surface area contributed by atoms with Gasteiger partial charge in [-0.05, 0) is 56.3 Å². The third-order valence-corrected chi connectivity index (χ3v) is 5.27. The van der Waals surface area contributed by atoms with Gasteiger partial charge in [-0.15, -0.1) is 0 Å². The second-order valence-electron chi connectivity index (χ2n) is 6.66. The molecule has 1 aromatic rings. The molecule has 24 heavy (non-hydrogen) atoms. The van der Waals surface area contributed by atoms with Gasteiger partial charge in [0.15, 0.2) is 0 Å². The predicted molar refractivity (Wildman–Crippen MR) is 93.5 cm³/mol. The van der Waals surface area contributed by atoms with Gasteiger partial charge in [-0.25, -0.2) is 4.79 Å². The molecule has 0 bridgehead atoms. The van der Waals surface area contributed by atoms with Crippen LogP contribution in [0.2, 0.25) is 5.02 Å². The number of nitrogens with zero attached hydrogens (tertiary/aromatic N) is 1. The lowest BCUT2D eigenvalue weighted by molar-refractivity contribution is 0.0638. The topological polar surface area (TPSA) is 50.8 Å². The van der Waals surface area contributed by atoms with Crippen LogP contribution in [-0.2, 0) is 11.3 Å². The first-order valence-corrected chi connectivity index (χ1v) is 9.01. The summed E-state index contributed by atoms with van der Waals surface area (Å²) in [5.74, 6) is 1.22. The van der Waals surface area contributed by atoms with E-state index in [1.165, 1.54) is 20.0 Å². The molecule has 132 valence electrons. The molecule has 1 aliphatic carbocycles. The van der Waals surface area contributed by atoms with Crippen molar-refractivity contribution in [1.29, 1.82) is 0 Å². The number of rotatable bonds is 6. The highest BCUT2D eigenvalue weighted by atomic mass is 35.5. The number of halogens is 1. The van der Waals surface area contributed by atoms with Gasteiger partial charge in [0.05, 0.1) is 18.2 Å². The van der Waals surface area contributed by atoms with Crippen LogP contribution in [0.4, 0.5) is 4.79 Å². The Labute approximate surface area is 148 Å². The Kier molecular flexibility index (Phi) is 5.85. The van der Waals surface area contributed by atoms with Crippen molar-refractivity contribution in [3.05, 3.63) is 28.8 Å². The summed E-state index contributed by atoms with van der Waals surface area (Å²) in [7, 11) is 1.37. The molecule has 1 aromatic carbocycles. The number of nitrogens with one attached hydrogen (secondary N) is 1. The highest BCUT2D eigenvalue weighted by Crippen LogP contribution is 2.35. The number of hydrogen-bond acceptors (Lipinski definition) is 4. The van der Waals surface area contributed by atoms with Gasteiger partial charge in [-0.3, -0.25) is 4.90 Å². The Morgan fingerprint density at radius 1 is 1.33 bits per heavy atom. The molecule has 0 spiro atoms. The molecule has 3 rings (SSSR count). The second kappa shape index (κ2) is 8.08. The van der Waals surface area contributed by atoms with Crippen molar-refractivity contribution < 1.29 is 14.3 Å². The molecule has 2 fully saturated rings. The number of ether oxygens (including phenoxy) is 2. The number of alkyl carbamates (subject to hydrolysis) is 1. The van der Waals surface area contributed by atoms with Gasteiger partial charge in [0, 0.05) is 13.1 Å². The van der Waals surface area contributed by atoms with Crippen molar-refractivity contribution in [3.63, 3.8) is 0 Å². The van der Waals surface area contributed by atoms with E-state index in [4.69, 9.17) is 16.3 Å². The molecule has 0 atom stereocenters. The highest BCUT2D eigenvalue weighted by Gasteiger charge is 2.31. The number of amides is 1. The van der Waals surface area contributed by atoms with Crippen molar-refractivity contribution >= 4 is 17.7 Å². The van der Waals surface area contributed by atoms with Crippen LogP contribution < -0.4 is 10.1 Å². The third kappa shape index (κ3) is 4.33. The molecule has 2 aliphatic rings. The van der Waals surface area contributed by atoms with Gasteiger partial charge in [0.25, 0.3) is 0 Å². The minimum absolute atomic E-state index is 0.175. The molecule has 0 aromatic heterocycles. The third-order valence-electron chi connectivity index (χ3n) is 4.84. The van der Waals surface area contributed by atoms with E-state index in [-0.39, 0.29) is 12.2 Å². The second-order valence-corrected chi connectivity index (χ2v) is 7.04. The normalized spacial score (nSPS) is 23.6. The molecule has 1 heterocycles. The van der Waals surface area contributed by atoms with Crippen LogP contribution in [0.5, 0.6) is 5.75 Å². The van der Waals surface area contributed by atoms with Crippen molar-refractivity contribution in [2.24, 2.45) is 5.92 Å². The summed E-state index contributed by atoms with van der Waals surface area (Å²) in [4.78, 5) is 13.5. The molecule has 6 heteroatoms. The number of hydrogen-bond donors (Lipinski definition) is 1. The summed E-state index contributed by atoms with van der Waals surface area (Å²) >= 11 is 6.55. The predicted octanol–water partition coefficient (Wildman–Crippen LogP) is 3.45. The quantitative estimate of drug-likeness (QED) is 0.852. The molecule has 1 aliphatic heterocycles. The van der Waals surface area contributed by atoms with Crippen LogP contribution in [0.3, 0.4) is 0 Å². The molecule has 1 saturated heterocycles. The van der Waals surface area contributed by atoms with Gasteiger partial charge in [-0.2, -0.15) is 0 Å². The van der Waals surface area contributed by atoms with Crippen LogP contribution in [0, 0.1) is 5.92 Å². The zero-order valence-corrected chi connectivity index (χ0v) is 14.8. The maximum atomic E-state index is 11.1. The molecular weight excluding hydrogens is 328 g/mol. The lowest BCUT2D eigenvalue weighted by atomic mass is 9.82. The maximum absolute atomic E-state index is 11.1. The lowest BCUT2D eigenvalue weighted by Gasteiger charge is -2.35. The number of likely N-dealkylation sites (tertiary alicyclic amines) is 1. The molecule has 1 amide bonds. The first-order valence-electron chi connectivity index (χ1n) is 8.64. The lowest BCUT2D eigenvalue weighted by Crippen LogP contribution is -2.41. The van der Waals surface area contributed by atoms with Crippen LogP contribution >= 0.6 is 11.6 Å². The van der Waals surface area contributed by atoms with Crippen LogP contribution in [0.1, 0.15) is 31.2 Å². The zero-order chi connectivity index (χ0) is 16.9. The molecule has 1 saturated carbocycles. The van der Waals surface area contributed by atoms with Crippen molar-refractivity contribution in [2.45, 2.75) is 38.3 Å². The summed E-state index contributed by atoms with van der Waals surface area (Å²) < 4.78 is 10.6. The molecule has 5 nitrogen and oxygen atoms in total. The smallest absolute Gasteiger partial charge is 0.406 e. The number of carbonyl (C=O) groups excluding carboxylic acids is 1. The van der Waals surface area contributed by atoms with E-state index in [0.29, 0.717) is 12.5 Å². The zero-order valence-electron chi connectivity index (χ0n) is 14.1. The van der Waals surface area contributed by atoms with E-state index in [2.05, 4.69) is 21.0 Å². The van der Waals surface area contributed by atoms with E-state index < -0.39 is 0 Å². The van der Waals surface area contributed by atoms with Crippen LogP contribution in [-0.4, -0.2) is 43.8 Å². The van der Waals surface area contributed by atoms with E-state index in [9.17, 15) is 4.79 Å². The first kappa shape index (κ1) is 17.4. The minimum Gasteiger partial charge on any atom is -0.489 e. The van der Waals surface area contributed by atoms with Crippen molar-refractivity contribution in [2.75, 3.05) is 26.7 Å². The van der Waals surface area contributed by atoms with Crippen molar-refractivity contribution in [1.82, 2.24) is 10.2 Å². The molecular formula is C18H25ClN2O3. The average molecular weight is 353 g/mol. The standard InChI is InChI=1S/C18H25ClN2O3/c1-23-18(22)20-11-13-9-15(10-13)24-16-6-4-5-14(17(16)19)12-21-7-2-3-8-21/h4-6,13,15H,2-3,7-12H2,1H3,(H,20,22). The largest absolute Gasteiger partial charge is 0.489 e. The maximum Gasteiger partial charge on any atom is 0.406 e. The summed E-state index contributed by atoms with van der Waals surface area (Å²) in [5, 5.41) is 3.47. The number of methoxy groups -OCH3 is 1. The summed E-state index contributed by atoms with van der Waals surface area (Å²) in [6.07, 6.45) is 4.20. The highest BCUT2D eigenvalue weighted by molar-refractivity contribution is 6.32. The summed E-state index contributed by atoms with van der Waals surface area (Å²) in [6.45, 7) is 3.83. The van der Waals surface area contributed by atoms with Crippen molar-refractivity contribution in [3.8, 4) is 5.75 Å². The van der Waals surface area contributed by atoms with E-state index in [0.717, 1.165) is 48.8 Å². The molecule has 0 unspecified atom stereocenters. The van der Waals surface area contributed by atoms with E-state index >= 15 is 0 Å². The number of benzene rings is 1. The Hall–Kier alpha value is -1.46. The molecule has 0 radical (unpaired) electrons. The van der Waals surface area contributed by atoms with Gasteiger partial charge in [0.1, 0.15) is 5.75 Å². The SMILES string of the molecule is COC(=O)NCC1CC(Oc2cccc(CN3CCCC3)c2Cl)C1. The van der Waals surface area contributed by atoms with Crippen LogP contribution in [0.25, 0.3) is 0 Å². The van der Waals surface area contributed by atoms with Gasteiger partial charge in [-0.1, -0.05) is 23.7 Å². The average Bonchev–Trinajstić information content (AvgIpc) is 3.05. The van der Waals surface area contributed by atoms with E-state index in [1.807, 2.05) is 12.1 Å². The Bertz CT molecular complexity index is 569. The Balaban J connectivity index is 1.48. The van der Waals surface area contributed by atoms with Crippen LogP contribution in [0.15, 0.2) is 18.2 Å². The minimum atomic E-state index is -0.378. The van der Waals surface area contributed by atoms with Gasteiger partial charge in [0.2, 0.25) is 0 Å². The van der Waals surface area contributed by atoms with Gasteiger partial charge < -0.3 is 14.8 Å². The fourth-order valence-electron chi connectivity index (χ4n) is 3.37. The number of carbonyl (C=O) groups is 1. The Morgan fingerprint density at radius 3 is 2.79 bits per heavy atom. The van der Waals surface area contributed by atoms with E-state index in [1.54, 1.807) is 0 Å². The fourth-order valence-corrected chi connectivity index (χ4v) is 3.60. The summed E-state index contributed by atoms with van der Waals surface area (Å²) in [6, 6.07) is 6.04.